The lowest BCUT2D eigenvalue weighted by Gasteiger charge is -2.64. The predicted molar refractivity (Wildman–Crippen MR) is 244 cm³/mol. The minimum absolute atomic E-state index is 0.0801. The number of esters is 2. The normalized spacial score (nSPS) is 29.0. The van der Waals surface area contributed by atoms with Crippen LogP contribution in [0, 0.1) is 38.7 Å². The van der Waals surface area contributed by atoms with Gasteiger partial charge in [0.25, 0.3) is 5.09 Å². The van der Waals surface area contributed by atoms with Gasteiger partial charge >= 0.3 is 11.9 Å². The van der Waals surface area contributed by atoms with Gasteiger partial charge in [-0.05, 0) is 79.5 Å². The number of imidazole rings is 1. The Morgan fingerprint density at radius 1 is 1.02 bits per heavy atom. The van der Waals surface area contributed by atoms with E-state index in [2.05, 4.69) is 4.98 Å². The minimum Gasteiger partial charge on any atom is -0.457 e. The number of hydrogen-bond acceptors (Lipinski definition) is 11. The lowest BCUT2D eigenvalue weighted by atomic mass is 9.45. The van der Waals surface area contributed by atoms with Gasteiger partial charge in [-0.2, -0.15) is 0 Å². The van der Waals surface area contributed by atoms with Crippen LogP contribution in [0.25, 0.3) is 0 Å². The summed E-state index contributed by atoms with van der Waals surface area (Å²) in [7, 11) is 0. The molecule has 0 radical (unpaired) electrons. The summed E-state index contributed by atoms with van der Waals surface area (Å²) in [4.78, 5) is 61.9. The molecule has 4 aliphatic carbocycles. The first-order chi connectivity index (χ1) is 30.6. The van der Waals surface area contributed by atoms with E-state index in [0.29, 0.717) is 52.5 Å². The molecule has 352 valence electrons. The zero-order chi connectivity index (χ0) is 48.1. The van der Waals surface area contributed by atoms with Crippen LogP contribution in [-0.2, 0) is 46.5 Å². The number of Topliss-reactive ketones (excluding diaryl/α,β-unsaturated/α-hetero) is 1. The van der Waals surface area contributed by atoms with E-state index in [1.165, 1.54) is 6.08 Å². The van der Waals surface area contributed by atoms with E-state index < -0.39 is 56.8 Å². The molecule has 3 saturated carbocycles. The number of alkyl halides is 1. The van der Waals surface area contributed by atoms with Gasteiger partial charge in [-0.15, -0.1) is 21.7 Å². The molecule has 0 aliphatic heterocycles. The van der Waals surface area contributed by atoms with Crippen molar-refractivity contribution >= 4 is 81.5 Å². The number of benzene rings is 2. The molecule has 1 heterocycles. The molecule has 2 aromatic carbocycles. The largest absolute Gasteiger partial charge is 0.457 e. The van der Waals surface area contributed by atoms with Gasteiger partial charge in [-0.1, -0.05) is 105 Å². The molecule has 0 saturated heterocycles. The van der Waals surface area contributed by atoms with Crippen LogP contribution in [0.1, 0.15) is 90.4 Å². The summed E-state index contributed by atoms with van der Waals surface area (Å²) >= 11 is 32.0. The highest BCUT2D eigenvalue weighted by Gasteiger charge is 2.76. The zero-order valence-corrected chi connectivity index (χ0v) is 40.3. The number of allylic oxidation sites excluding steroid dienone is 4. The molecular formula is C46H52Cl5N3O11. The molecule has 14 nitrogen and oxygen atoms in total. The Morgan fingerprint density at radius 3 is 2.26 bits per heavy atom. The van der Waals surface area contributed by atoms with Crippen molar-refractivity contribution in [1.29, 1.82) is 0 Å². The SMILES string of the molecule is CCC(=O)OCC(=O)[C@@]1(OC(=O)CC)[C@@H](C)C[C@H]2[C@@H]3CCC4=CC(=O)C=C[C@]4(C)[C@@]3(Cl)[C@@H](O)C[C@@]21C.Clc1ccc(COC(Cn2ccnc2)c2ccc(Cl)cc2Cl)c(Cl)c1.O=[N+]([O-])O. The summed E-state index contributed by atoms with van der Waals surface area (Å²) in [5.41, 5.74) is -0.562. The molecule has 0 amide bonds. The van der Waals surface area contributed by atoms with Crippen LogP contribution in [0.5, 0.6) is 0 Å². The number of halogens is 5. The maximum absolute atomic E-state index is 13.9. The molecule has 0 spiro atoms. The third-order valence-electron chi connectivity index (χ3n) is 13.5. The van der Waals surface area contributed by atoms with Gasteiger partial charge in [-0.25, -0.2) is 4.98 Å². The van der Waals surface area contributed by atoms with Gasteiger partial charge in [-0.3, -0.25) is 19.2 Å². The topological polar surface area (TPSA) is 197 Å². The Labute approximate surface area is 402 Å². The van der Waals surface area contributed by atoms with Gasteiger partial charge < -0.3 is 29.1 Å². The van der Waals surface area contributed by atoms with E-state index in [9.17, 15) is 24.3 Å². The number of hydrogen-bond donors (Lipinski definition) is 2. The Kier molecular flexibility index (Phi) is 17.0. The molecule has 3 fully saturated rings. The first-order valence-electron chi connectivity index (χ1n) is 21.1. The van der Waals surface area contributed by atoms with Gasteiger partial charge in [0, 0.05) is 67.6 Å². The fourth-order valence-electron chi connectivity index (χ4n) is 10.4. The first-order valence-corrected chi connectivity index (χ1v) is 23.0. The Morgan fingerprint density at radius 2 is 1.66 bits per heavy atom. The Balaban J connectivity index is 0.000000238. The maximum atomic E-state index is 13.9. The summed E-state index contributed by atoms with van der Waals surface area (Å²) in [6, 6.07) is 10.7. The quantitative estimate of drug-likeness (QED) is 0.0755. The lowest BCUT2D eigenvalue weighted by Crippen LogP contribution is -2.69. The van der Waals surface area contributed by atoms with E-state index in [-0.39, 0.29) is 48.9 Å². The van der Waals surface area contributed by atoms with Crippen LogP contribution < -0.4 is 0 Å². The number of fused-ring (bicyclic) bond motifs is 5. The Bertz CT molecular complexity index is 2320. The van der Waals surface area contributed by atoms with Crippen molar-refractivity contribution in [3.05, 3.63) is 120 Å². The Hall–Kier alpha value is -4.02. The zero-order valence-electron chi connectivity index (χ0n) is 36.5. The van der Waals surface area contributed by atoms with E-state index in [4.69, 9.17) is 87.5 Å². The number of aromatic nitrogens is 2. The van der Waals surface area contributed by atoms with Gasteiger partial charge in [0.05, 0.1) is 30.5 Å². The average Bonchev–Trinajstić information content (AvgIpc) is 3.83. The highest BCUT2D eigenvalue weighted by Crippen LogP contribution is 2.72. The van der Waals surface area contributed by atoms with Crippen LogP contribution in [-0.4, -0.2) is 71.6 Å². The molecule has 2 N–H and O–H groups in total. The number of rotatable bonds is 12. The highest BCUT2D eigenvalue weighted by atomic mass is 35.5. The maximum Gasteiger partial charge on any atom is 0.306 e. The molecule has 0 bridgehead atoms. The van der Waals surface area contributed by atoms with Gasteiger partial charge in [0.1, 0.15) is 6.10 Å². The van der Waals surface area contributed by atoms with Crippen molar-refractivity contribution in [2.24, 2.45) is 28.6 Å². The molecule has 7 rings (SSSR count). The van der Waals surface area contributed by atoms with E-state index in [1.807, 2.05) is 49.7 Å². The molecule has 4 aliphatic rings. The third kappa shape index (κ3) is 10.6. The van der Waals surface area contributed by atoms with Gasteiger partial charge in [0.15, 0.2) is 18.0 Å². The fraction of sp³-hybridized carbons (Fsp3) is 0.500. The smallest absolute Gasteiger partial charge is 0.306 e. The highest BCUT2D eigenvalue weighted by molar-refractivity contribution is 6.35. The summed E-state index contributed by atoms with van der Waals surface area (Å²) in [6.07, 6.45) is 11.2. The first kappa shape index (κ1) is 52.0. The second-order valence-electron chi connectivity index (χ2n) is 17.1. The standard InChI is InChI=1S/C28H37ClO7.C18H14Cl4N2O.HNO3/c1-6-23(33)35-15-22(32)28(36-24(34)7-2)16(3)12-20-19-9-8-17-13-18(30)10-11-25(17,4)27(19,29)21(31)14-26(20,28)5;19-13-2-1-12(16(21)7-13)10-25-18(9-24-6-5-23-11-24)15-4-3-14(20)8-17(15)22;2-1(3)4/h10-11,13,16,19-21,31H,6-9,12,14-15H2,1-5H3;1-8,11,18H,9-10H2;(H,2,3,4)/t16-,19-,20-,21-,25-,26-,27-,28-;;/m0../s1. The van der Waals surface area contributed by atoms with Gasteiger partial charge in [0.2, 0.25) is 5.78 Å². The molecule has 1 unspecified atom stereocenters. The van der Waals surface area contributed by atoms with Crippen molar-refractivity contribution in [1.82, 2.24) is 9.55 Å². The number of aliphatic hydroxyl groups excluding tert-OH is 1. The third-order valence-corrected chi connectivity index (χ3v) is 15.6. The molecule has 1 aromatic heterocycles. The van der Waals surface area contributed by atoms with E-state index in [1.54, 1.807) is 56.7 Å². The minimum atomic E-state index is -1.55. The van der Waals surface area contributed by atoms with Crippen molar-refractivity contribution < 1.29 is 48.8 Å². The van der Waals surface area contributed by atoms with Crippen LogP contribution >= 0.6 is 58.0 Å². The van der Waals surface area contributed by atoms with Crippen LogP contribution in [0.3, 0.4) is 0 Å². The molecule has 9 atom stereocenters. The monoisotopic (exact) mass is 997 g/mol. The number of ketones is 2. The lowest BCUT2D eigenvalue weighted by molar-refractivity contribution is -0.742. The van der Waals surface area contributed by atoms with Crippen LogP contribution in [0.4, 0.5) is 0 Å². The number of aliphatic hydroxyl groups is 1. The second-order valence-corrected chi connectivity index (χ2v) is 19.4. The summed E-state index contributed by atoms with van der Waals surface area (Å²) in [5.74, 6) is -2.24. The number of ether oxygens (including phenoxy) is 3. The summed E-state index contributed by atoms with van der Waals surface area (Å²) in [6.45, 7) is 9.50. The second kappa shape index (κ2) is 21.3. The predicted octanol–water partition coefficient (Wildman–Crippen LogP) is 10.2. The van der Waals surface area contributed by atoms with Crippen molar-refractivity contribution in [3.8, 4) is 0 Å². The van der Waals surface area contributed by atoms with Crippen molar-refractivity contribution in [3.63, 3.8) is 0 Å². The number of carbonyl (C=O) groups is 4. The van der Waals surface area contributed by atoms with Crippen molar-refractivity contribution in [2.75, 3.05) is 6.61 Å². The van der Waals surface area contributed by atoms with Crippen LogP contribution in [0.2, 0.25) is 20.1 Å². The molecule has 19 heteroatoms. The molecular weight excluding hydrogens is 948 g/mol. The van der Waals surface area contributed by atoms with Crippen molar-refractivity contribution in [2.45, 2.75) is 109 Å². The summed E-state index contributed by atoms with van der Waals surface area (Å²) in [5, 5.41) is 27.7. The van der Waals surface area contributed by atoms with Crippen LogP contribution in [0.15, 0.2) is 78.9 Å². The fourth-order valence-corrected chi connectivity index (χ4v) is 11.9. The molecule has 65 heavy (non-hydrogen) atoms. The molecule has 3 aromatic rings. The van der Waals surface area contributed by atoms with E-state index in [0.717, 1.165) is 16.7 Å². The van der Waals surface area contributed by atoms with E-state index >= 15 is 0 Å². The average molecular weight is 1000 g/mol. The number of nitrogens with zero attached hydrogens (tertiary/aromatic N) is 3. The number of carbonyl (C=O) groups excluding carboxylic acids is 4. The summed E-state index contributed by atoms with van der Waals surface area (Å²) < 4.78 is 19.3.